The van der Waals surface area contributed by atoms with Crippen molar-refractivity contribution in [2.45, 2.75) is 19.4 Å². The number of nitrogens with one attached hydrogen (secondary N) is 1. The highest BCUT2D eigenvalue weighted by Gasteiger charge is 2.21. The van der Waals surface area contributed by atoms with Gasteiger partial charge in [0, 0.05) is 22.3 Å². The number of carbonyl (C=O) groups is 2. The van der Waals surface area contributed by atoms with E-state index in [0.717, 1.165) is 0 Å². The van der Waals surface area contributed by atoms with Crippen molar-refractivity contribution in [1.82, 2.24) is 0 Å². The first-order valence-electron chi connectivity index (χ1n) is 8.18. The van der Waals surface area contributed by atoms with Crippen LogP contribution < -0.4 is 19.5 Å². The number of halogens is 1. The van der Waals surface area contributed by atoms with Crippen LogP contribution in [0.2, 0.25) is 5.02 Å². The molecule has 0 aliphatic carbocycles. The van der Waals surface area contributed by atoms with Crippen molar-refractivity contribution < 1.29 is 28.5 Å². The van der Waals surface area contributed by atoms with Crippen LogP contribution in [0.3, 0.4) is 0 Å². The van der Waals surface area contributed by atoms with Crippen LogP contribution in [-0.4, -0.2) is 31.9 Å². The molecule has 3 rings (SSSR count). The topological polar surface area (TPSA) is 83.1 Å². The third-order valence-electron chi connectivity index (χ3n) is 3.89. The van der Waals surface area contributed by atoms with Gasteiger partial charge in [-0.25, -0.2) is 0 Å². The number of methoxy groups -OCH3 is 1. The van der Waals surface area contributed by atoms with Crippen molar-refractivity contribution in [3.8, 4) is 17.2 Å². The maximum atomic E-state index is 12.3. The first kappa shape index (κ1) is 18.8. The molecule has 1 N–H and O–H groups in total. The second-order valence-electron chi connectivity index (χ2n) is 5.82. The summed E-state index contributed by atoms with van der Waals surface area (Å²) in [6.45, 7) is 1.64. The second-order valence-corrected chi connectivity index (χ2v) is 6.26. The number of fused-ring (bicyclic) bond motifs is 1. The Morgan fingerprint density at radius 3 is 2.74 bits per heavy atom. The molecule has 0 fully saturated rings. The minimum Gasteiger partial charge on any atom is -0.496 e. The van der Waals surface area contributed by atoms with Gasteiger partial charge in [0.15, 0.2) is 17.6 Å². The zero-order chi connectivity index (χ0) is 19.4. The molecule has 1 heterocycles. The molecule has 0 bridgehead atoms. The fourth-order valence-electron chi connectivity index (χ4n) is 2.55. The highest BCUT2D eigenvalue weighted by molar-refractivity contribution is 6.30. The molecule has 0 saturated heterocycles. The lowest BCUT2D eigenvalue weighted by atomic mass is 10.1. The Bertz CT molecular complexity index is 869. The number of anilines is 1. The standard InChI is InChI=1S/C19H18ClNO6/c1-11(19(23)21-14-4-6-16-17(9-14)26-10-25-16)27-18(22)8-12-7-13(20)3-5-15(12)24-2/h3-7,9,11H,8,10H2,1-2H3,(H,21,23)/t11-/m1/s1. The largest absolute Gasteiger partial charge is 0.496 e. The Morgan fingerprint density at radius 2 is 1.96 bits per heavy atom. The van der Waals surface area contributed by atoms with Gasteiger partial charge in [-0.1, -0.05) is 11.6 Å². The highest BCUT2D eigenvalue weighted by Crippen LogP contribution is 2.34. The summed E-state index contributed by atoms with van der Waals surface area (Å²) in [5.74, 6) is 0.659. The van der Waals surface area contributed by atoms with Gasteiger partial charge < -0.3 is 24.3 Å². The number of benzene rings is 2. The molecular weight excluding hydrogens is 374 g/mol. The third-order valence-corrected chi connectivity index (χ3v) is 4.13. The molecule has 27 heavy (non-hydrogen) atoms. The van der Waals surface area contributed by atoms with Crippen LogP contribution >= 0.6 is 11.6 Å². The molecule has 0 radical (unpaired) electrons. The molecule has 142 valence electrons. The highest BCUT2D eigenvalue weighted by atomic mass is 35.5. The monoisotopic (exact) mass is 391 g/mol. The minimum atomic E-state index is -0.979. The summed E-state index contributed by atoms with van der Waals surface area (Å²) in [6.07, 6.45) is -1.04. The molecule has 0 unspecified atom stereocenters. The average molecular weight is 392 g/mol. The lowest BCUT2D eigenvalue weighted by Gasteiger charge is -2.14. The number of ether oxygens (including phenoxy) is 4. The van der Waals surface area contributed by atoms with Crippen LogP contribution in [0.4, 0.5) is 5.69 Å². The first-order valence-corrected chi connectivity index (χ1v) is 8.56. The average Bonchev–Trinajstić information content (AvgIpc) is 3.09. The van der Waals surface area contributed by atoms with Gasteiger partial charge in [-0.3, -0.25) is 9.59 Å². The van der Waals surface area contributed by atoms with E-state index in [1.165, 1.54) is 14.0 Å². The summed E-state index contributed by atoms with van der Waals surface area (Å²) in [5, 5.41) is 3.15. The van der Waals surface area contributed by atoms with Crippen LogP contribution in [0.5, 0.6) is 17.2 Å². The van der Waals surface area contributed by atoms with Crippen molar-refractivity contribution in [3.05, 3.63) is 47.0 Å². The van der Waals surface area contributed by atoms with Gasteiger partial charge in [0.05, 0.1) is 13.5 Å². The normalized spacial score (nSPS) is 13.0. The lowest BCUT2D eigenvalue weighted by molar-refractivity contribution is -0.152. The van der Waals surface area contributed by atoms with Gasteiger partial charge in [0.2, 0.25) is 6.79 Å². The quantitative estimate of drug-likeness (QED) is 0.761. The zero-order valence-corrected chi connectivity index (χ0v) is 15.5. The molecule has 0 saturated carbocycles. The Labute approximate surface area is 161 Å². The van der Waals surface area contributed by atoms with Gasteiger partial charge in [-0.15, -0.1) is 0 Å². The van der Waals surface area contributed by atoms with Gasteiger partial charge >= 0.3 is 5.97 Å². The molecule has 2 aromatic rings. The summed E-state index contributed by atoms with van der Waals surface area (Å²) < 4.78 is 20.9. The zero-order valence-electron chi connectivity index (χ0n) is 14.8. The van der Waals surface area contributed by atoms with E-state index < -0.39 is 18.0 Å². The molecular formula is C19H18ClNO6. The summed E-state index contributed by atoms with van der Waals surface area (Å²) in [6, 6.07) is 9.97. The van der Waals surface area contributed by atoms with Gasteiger partial charge in [0.1, 0.15) is 5.75 Å². The first-order chi connectivity index (χ1) is 13.0. The fraction of sp³-hybridized carbons (Fsp3) is 0.263. The predicted octanol–water partition coefficient (Wildman–Crippen LogP) is 3.19. The van der Waals surface area contributed by atoms with E-state index in [9.17, 15) is 9.59 Å². The van der Waals surface area contributed by atoms with Gasteiger partial charge in [-0.2, -0.15) is 0 Å². The molecule has 0 spiro atoms. The number of carbonyl (C=O) groups excluding carboxylic acids is 2. The number of amides is 1. The Kier molecular flexibility index (Phi) is 5.71. The van der Waals surface area contributed by atoms with Crippen molar-refractivity contribution in [3.63, 3.8) is 0 Å². The van der Waals surface area contributed by atoms with E-state index >= 15 is 0 Å². The number of hydrogen-bond donors (Lipinski definition) is 1. The van der Waals surface area contributed by atoms with E-state index in [0.29, 0.717) is 33.5 Å². The summed E-state index contributed by atoms with van der Waals surface area (Å²) >= 11 is 5.95. The van der Waals surface area contributed by atoms with E-state index in [-0.39, 0.29) is 13.2 Å². The summed E-state index contributed by atoms with van der Waals surface area (Å²) in [4.78, 5) is 24.4. The molecule has 7 nitrogen and oxygen atoms in total. The molecule has 8 heteroatoms. The molecule has 1 amide bonds. The molecule has 1 aliphatic heterocycles. The van der Waals surface area contributed by atoms with E-state index in [2.05, 4.69) is 5.32 Å². The Hall–Kier alpha value is -2.93. The summed E-state index contributed by atoms with van der Waals surface area (Å²) in [5.41, 5.74) is 1.10. The van der Waals surface area contributed by atoms with Crippen LogP contribution in [0, 0.1) is 0 Å². The molecule has 2 aromatic carbocycles. The van der Waals surface area contributed by atoms with E-state index in [1.54, 1.807) is 36.4 Å². The number of esters is 1. The van der Waals surface area contributed by atoms with Gasteiger partial charge in [-0.05, 0) is 37.3 Å². The Morgan fingerprint density at radius 1 is 1.19 bits per heavy atom. The molecule has 1 atom stereocenters. The van der Waals surface area contributed by atoms with Gasteiger partial charge in [0.25, 0.3) is 5.91 Å². The number of rotatable bonds is 6. The minimum absolute atomic E-state index is 0.0641. The molecule has 1 aliphatic rings. The lowest BCUT2D eigenvalue weighted by Crippen LogP contribution is -2.30. The maximum Gasteiger partial charge on any atom is 0.311 e. The summed E-state index contributed by atoms with van der Waals surface area (Å²) in [7, 11) is 1.50. The van der Waals surface area contributed by atoms with Crippen molar-refractivity contribution in [2.24, 2.45) is 0 Å². The Balaban J connectivity index is 1.58. The predicted molar refractivity (Wildman–Crippen MR) is 98.5 cm³/mol. The second kappa shape index (κ2) is 8.18. The smallest absolute Gasteiger partial charge is 0.311 e. The van der Waals surface area contributed by atoms with E-state index in [1.807, 2.05) is 0 Å². The van der Waals surface area contributed by atoms with E-state index in [4.69, 9.17) is 30.5 Å². The van der Waals surface area contributed by atoms with Crippen LogP contribution in [0.1, 0.15) is 12.5 Å². The van der Waals surface area contributed by atoms with Crippen LogP contribution in [-0.2, 0) is 20.7 Å². The van der Waals surface area contributed by atoms with Crippen LogP contribution in [0.25, 0.3) is 0 Å². The van der Waals surface area contributed by atoms with Crippen molar-refractivity contribution in [1.29, 1.82) is 0 Å². The van der Waals surface area contributed by atoms with Crippen LogP contribution in [0.15, 0.2) is 36.4 Å². The van der Waals surface area contributed by atoms with Crippen molar-refractivity contribution >= 4 is 29.2 Å². The number of hydrogen-bond acceptors (Lipinski definition) is 6. The maximum absolute atomic E-state index is 12.3. The fourth-order valence-corrected chi connectivity index (χ4v) is 2.75. The molecule has 0 aromatic heterocycles. The SMILES string of the molecule is COc1ccc(Cl)cc1CC(=O)O[C@H](C)C(=O)Nc1ccc2c(c1)OCO2. The van der Waals surface area contributed by atoms with Crippen molar-refractivity contribution in [2.75, 3.05) is 19.2 Å². The third kappa shape index (κ3) is 4.62.